The topological polar surface area (TPSA) is 63.2 Å². The van der Waals surface area contributed by atoms with Crippen LogP contribution >= 0.6 is 0 Å². The van der Waals surface area contributed by atoms with Crippen molar-refractivity contribution in [2.75, 3.05) is 24.3 Å². The SMILES string of the molecule is CCc1ccccc1NC(=O)c1ccc(NCCc2ccc(OC)cc2)nc1. The fourth-order valence-corrected chi connectivity index (χ4v) is 2.90. The molecule has 0 aliphatic heterocycles. The Morgan fingerprint density at radius 1 is 1.04 bits per heavy atom. The smallest absolute Gasteiger partial charge is 0.257 e. The fraction of sp³-hybridized carbons (Fsp3) is 0.217. The second-order valence-corrected chi connectivity index (χ2v) is 6.42. The van der Waals surface area contributed by atoms with Gasteiger partial charge in [-0.15, -0.1) is 0 Å². The molecule has 5 heteroatoms. The van der Waals surface area contributed by atoms with Crippen molar-refractivity contribution in [1.29, 1.82) is 0 Å². The number of carbonyl (C=O) groups is 1. The lowest BCUT2D eigenvalue weighted by molar-refractivity contribution is 0.102. The Labute approximate surface area is 165 Å². The third-order valence-corrected chi connectivity index (χ3v) is 4.55. The number of anilines is 2. The lowest BCUT2D eigenvalue weighted by Crippen LogP contribution is -2.14. The van der Waals surface area contributed by atoms with Gasteiger partial charge in [-0.1, -0.05) is 37.3 Å². The molecule has 0 atom stereocenters. The number of hydrogen-bond donors (Lipinski definition) is 2. The van der Waals surface area contributed by atoms with Crippen LogP contribution in [-0.4, -0.2) is 24.5 Å². The van der Waals surface area contributed by atoms with Gasteiger partial charge in [0.05, 0.1) is 12.7 Å². The van der Waals surface area contributed by atoms with E-state index in [0.717, 1.165) is 42.2 Å². The molecule has 0 unspecified atom stereocenters. The van der Waals surface area contributed by atoms with Crippen LogP contribution in [0.25, 0.3) is 0 Å². The van der Waals surface area contributed by atoms with E-state index in [-0.39, 0.29) is 5.91 Å². The Hall–Kier alpha value is -3.34. The molecule has 1 aromatic heterocycles. The second-order valence-electron chi connectivity index (χ2n) is 6.42. The van der Waals surface area contributed by atoms with Crippen molar-refractivity contribution in [1.82, 2.24) is 4.98 Å². The molecule has 0 fully saturated rings. The first-order valence-electron chi connectivity index (χ1n) is 9.41. The first-order valence-corrected chi connectivity index (χ1v) is 9.41. The van der Waals surface area contributed by atoms with Crippen molar-refractivity contribution in [3.05, 3.63) is 83.6 Å². The number of benzene rings is 2. The highest BCUT2D eigenvalue weighted by atomic mass is 16.5. The zero-order valence-electron chi connectivity index (χ0n) is 16.2. The van der Waals surface area contributed by atoms with Crippen LogP contribution in [0.1, 0.15) is 28.4 Å². The summed E-state index contributed by atoms with van der Waals surface area (Å²) in [6.07, 6.45) is 3.34. The Balaban J connectivity index is 1.53. The van der Waals surface area contributed by atoms with Crippen LogP contribution < -0.4 is 15.4 Å². The van der Waals surface area contributed by atoms with Crippen LogP contribution in [-0.2, 0) is 12.8 Å². The zero-order valence-corrected chi connectivity index (χ0v) is 16.2. The molecule has 0 saturated heterocycles. The van der Waals surface area contributed by atoms with E-state index in [1.54, 1.807) is 19.4 Å². The van der Waals surface area contributed by atoms with Crippen molar-refractivity contribution >= 4 is 17.4 Å². The number of hydrogen-bond acceptors (Lipinski definition) is 4. The molecule has 144 valence electrons. The lowest BCUT2D eigenvalue weighted by Gasteiger charge is -2.10. The minimum atomic E-state index is -0.154. The van der Waals surface area contributed by atoms with Crippen molar-refractivity contribution in [2.24, 2.45) is 0 Å². The van der Waals surface area contributed by atoms with Gasteiger partial charge in [-0.3, -0.25) is 4.79 Å². The number of pyridine rings is 1. The third-order valence-electron chi connectivity index (χ3n) is 4.55. The van der Waals surface area contributed by atoms with Crippen LogP contribution in [0, 0.1) is 0 Å². The summed E-state index contributed by atoms with van der Waals surface area (Å²) < 4.78 is 5.17. The molecule has 1 amide bonds. The van der Waals surface area contributed by atoms with Crippen LogP contribution in [0.2, 0.25) is 0 Å². The maximum Gasteiger partial charge on any atom is 0.257 e. The highest BCUT2D eigenvalue weighted by Crippen LogP contribution is 2.17. The van der Waals surface area contributed by atoms with E-state index >= 15 is 0 Å². The highest BCUT2D eigenvalue weighted by molar-refractivity contribution is 6.04. The summed E-state index contributed by atoms with van der Waals surface area (Å²) in [5.74, 6) is 1.45. The Bertz CT molecular complexity index is 906. The molecular formula is C23H25N3O2. The van der Waals surface area contributed by atoms with Gasteiger partial charge in [-0.05, 0) is 54.3 Å². The molecule has 3 rings (SSSR count). The quantitative estimate of drug-likeness (QED) is 0.606. The zero-order chi connectivity index (χ0) is 19.8. The van der Waals surface area contributed by atoms with Gasteiger partial charge in [0.15, 0.2) is 0 Å². The highest BCUT2D eigenvalue weighted by Gasteiger charge is 2.09. The first kappa shape index (κ1) is 19.4. The van der Waals surface area contributed by atoms with E-state index in [1.165, 1.54) is 5.56 Å². The summed E-state index contributed by atoms with van der Waals surface area (Å²) in [7, 11) is 1.66. The predicted molar refractivity (Wildman–Crippen MR) is 113 cm³/mol. The van der Waals surface area contributed by atoms with Crippen molar-refractivity contribution in [3.63, 3.8) is 0 Å². The van der Waals surface area contributed by atoms with Gasteiger partial charge >= 0.3 is 0 Å². The average Bonchev–Trinajstić information content (AvgIpc) is 2.75. The predicted octanol–water partition coefficient (Wildman–Crippen LogP) is 4.56. The van der Waals surface area contributed by atoms with E-state index in [4.69, 9.17) is 4.74 Å². The molecule has 0 aliphatic rings. The van der Waals surface area contributed by atoms with Gasteiger partial charge in [0.25, 0.3) is 5.91 Å². The number of aryl methyl sites for hydroxylation is 1. The number of nitrogens with one attached hydrogen (secondary N) is 2. The fourth-order valence-electron chi connectivity index (χ4n) is 2.90. The number of amides is 1. The van der Waals surface area contributed by atoms with Gasteiger partial charge in [0, 0.05) is 18.4 Å². The van der Waals surface area contributed by atoms with Gasteiger partial charge in [0.1, 0.15) is 11.6 Å². The van der Waals surface area contributed by atoms with E-state index in [1.807, 2.05) is 42.5 Å². The Morgan fingerprint density at radius 3 is 2.50 bits per heavy atom. The molecule has 0 spiro atoms. The summed E-state index contributed by atoms with van der Waals surface area (Å²) in [4.78, 5) is 16.8. The maximum atomic E-state index is 12.5. The first-order chi connectivity index (χ1) is 13.7. The average molecular weight is 375 g/mol. The number of rotatable bonds is 8. The van der Waals surface area contributed by atoms with Gasteiger partial charge in [-0.25, -0.2) is 4.98 Å². The number of methoxy groups -OCH3 is 1. The summed E-state index contributed by atoms with van der Waals surface area (Å²) in [5.41, 5.74) is 3.71. The number of para-hydroxylation sites is 1. The monoisotopic (exact) mass is 375 g/mol. The second kappa shape index (κ2) is 9.55. The van der Waals surface area contributed by atoms with Crippen molar-refractivity contribution in [2.45, 2.75) is 19.8 Å². The van der Waals surface area contributed by atoms with E-state index in [0.29, 0.717) is 5.56 Å². The molecule has 5 nitrogen and oxygen atoms in total. The van der Waals surface area contributed by atoms with E-state index < -0.39 is 0 Å². The molecular weight excluding hydrogens is 350 g/mol. The summed E-state index contributed by atoms with van der Waals surface area (Å²) in [6.45, 7) is 2.83. The lowest BCUT2D eigenvalue weighted by atomic mass is 10.1. The Morgan fingerprint density at radius 2 is 1.82 bits per heavy atom. The molecule has 0 saturated carbocycles. The summed E-state index contributed by atoms with van der Waals surface area (Å²) in [5, 5.41) is 6.24. The molecule has 0 bridgehead atoms. The number of aromatic nitrogens is 1. The minimum absolute atomic E-state index is 0.154. The van der Waals surface area contributed by atoms with E-state index in [2.05, 4.69) is 34.7 Å². The van der Waals surface area contributed by atoms with Gasteiger partial charge < -0.3 is 15.4 Å². The van der Waals surface area contributed by atoms with Crippen LogP contribution in [0.15, 0.2) is 66.9 Å². The third kappa shape index (κ3) is 5.10. The maximum absolute atomic E-state index is 12.5. The van der Waals surface area contributed by atoms with Crippen LogP contribution in [0.5, 0.6) is 5.75 Å². The molecule has 28 heavy (non-hydrogen) atoms. The van der Waals surface area contributed by atoms with Crippen LogP contribution in [0.4, 0.5) is 11.5 Å². The molecule has 1 heterocycles. The number of nitrogens with zero attached hydrogens (tertiary/aromatic N) is 1. The largest absolute Gasteiger partial charge is 0.497 e. The molecule has 2 aromatic carbocycles. The molecule has 0 radical (unpaired) electrons. The summed E-state index contributed by atoms with van der Waals surface area (Å²) in [6, 6.07) is 19.5. The van der Waals surface area contributed by atoms with Crippen molar-refractivity contribution in [3.8, 4) is 5.75 Å². The van der Waals surface area contributed by atoms with Crippen molar-refractivity contribution < 1.29 is 9.53 Å². The minimum Gasteiger partial charge on any atom is -0.497 e. The number of carbonyl (C=O) groups excluding carboxylic acids is 1. The number of ether oxygens (including phenoxy) is 1. The van der Waals surface area contributed by atoms with Gasteiger partial charge in [-0.2, -0.15) is 0 Å². The normalized spacial score (nSPS) is 10.4. The molecule has 0 aliphatic carbocycles. The molecule has 2 N–H and O–H groups in total. The standard InChI is InChI=1S/C23H25N3O2/c1-3-18-6-4-5-7-21(18)26-23(27)19-10-13-22(25-16-19)24-15-14-17-8-11-20(28-2)12-9-17/h4-13,16H,3,14-15H2,1-2H3,(H,24,25)(H,26,27). The summed E-state index contributed by atoms with van der Waals surface area (Å²) >= 11 is 0. The molecule has 3 aromatic rings. The van der Waals surface area contributed by atoms with Gasteiger partial charge in [0.2, 0.25) is 0 Å². The van der Waals surface area contributed by atoms with Crippen LogP contribution in [0.3, 0.4) is 0 Å². The van der Waals surface area contributed by atoms with E-state index in [9.17, 15) is 4.79 Å². The Kier molecular flexibility index (Phi) is 6.63.